The van der Waals surface area contributed by atoms with E-state index in [2.05, 4.69) is 5.32 Å². The number of methoxy groups -OCH3 is 2. The molecule has 0 aromatic heterocycles. The highest BCUT2D eigenvalue weighted by atomic mass is 35.5. The minimum atomic E-state index is 0.102. The Kier molecular flexibility index (Phi) is 4.58. The lowest BCUT2D eigenvalue weighted by Crippen LogP contribution is -1.99. The number of halogens is 1. The summed E-state index contributed by atoms with van der Waals surface area (Å²) in [5.74, 6) is 1.20. The molecule has 0 heterocycles. The van der Waals surface area contributed by atoms with Crippen molar-refractivity contribution >= 4 is 17.3 Å². The third kappa shape index (κ3) is 3.27. The quantitative estimate of drug-likeness (QED) is 0.883. The highest BCUT2D eigenvalue weighted by Gasteiger charge is 2.04. The molecule has 2 aromatic carbocycles. The van der Waals surface area contributed by atoms with Gasteiger partial charge in [-0.25, -0.2) is 0 Å². The zero-order valence-electron chi connectivity index (χ0n) is 11.3. The molecule has 0 unspecified atom stereocenters. The summed E-state index contributed by atoms with van der Waals surface area (Å²) >= 11 is 6.07. The second-order valence-corrected chi connectivity index (χ2v) is 4.62. The van der Waals surface area contributed by atoms with Crippen LogP contribution >= 0.6 is 11.6 Å². The van der Waals surface area contributed by atoms with E-state index in [1.54, 1.807) is 19.2 Å². The molecule has 0 amide bonds. The minimum Gasteiger partial charge on any atom is -0.504 e. The Morgan fingerprint density at radius 2 is 1.75 bits per heavy atom. The van der Waals surface area contributed by atoms with Crippen LogP contribution in [-0.4, -0.2) is 19.3 Å². The maximum absolute atomic E-state index is 9.70. The van der Waals surface area contributed by atoms with Gasteiger partial charge in [-0.05, 0) is 29.8 Å². The van der Waals surface area contributed by atoms with Crippen molar-refractivity contribution in [1.29, 1.82) is 0 Å². The van der Waals surface area contributed by atoms with Crippen LogP contribution in [0.3, 0.4) is 0 Å². The Balaban J connectivity index is 2.05. The normalized spacial score (nSPS) is 10.2. The number of nitrogens with one attached hydrogen (secondary N) is 1. The van der Waals surface area contributed by atoms with Gasteiger partial charge in [-0.3, -0.25) is 0 Å². The Hall–Kier alpha value is -2.07. The van der Waals surface area contributed by atoms with Gasteiger partial charge in [0, 0.05) is 18.3 Å². The summed E-state index contributed by atoms with van der Waals surface area (Å²) in [7, 11) is 3.10. The summed E-state index contributed by atoms with van der Waals surface area (Å²) in [5.41, 5.74) is 1.82. The number of phenols is 1. The Morgan fingerprint density at radius 1 is 1.05 bits per heavy atom. The van der Waals surface area contributed by atoms with Crippen molar-refractivity contribution < 1.29 is 14.6 Å². The highest BCUT2D eigenvalue weighted by Crippen LogP contribution is 2.29. The van der Waals surface area contributed by atoms with Gasteiger partial charge < -0.3 is 19.9 Å². The molecule has 0 atom stereocenters. The first-order chi connectivity index (χ1) is 9.63. The second-order valence-electron chi connectivity index (χ2n) is 4.21. The van der Waals surface area contributed by atoms with Crippen molar-refractivity contribution in [2.24, 2.45) is 0 Å². The number of hydrogen-bond donors (Lipinski definition) is 2. The number of anilines is 1. The topological polar surface area (TPSA) is 50.7 Å². The van der Waals surface area contributed by atoms with Crippen molar-refractivity contribution in [2.45, 2.75) is 6.54 Å². The van der Waals surface area contributed by atoms with E-state index in [9.17, 15) is 5.11 Å². The summed E-state index contributed by atoms with van der Waals surface area (Å²) < 4.78 is 10.1. The zero-order chi connectivity index (χ0) is 14.5. The molecule has 0 spiro atoms. The lowest BCUT2D eigenvalue weighted by Gasteiger charge is -2.10. The fourth-order valence-corrected chi connectivity index (χ4v) is 2.10. The molecule has 0 radical (unpaired) electrons. The number of rotatable bonds is 5. The van der Waals surface area contributed by atoms with E-state index in [1.807, 2.05) is 24.3 Å². The van der Waals surface area contributed by atoms with Gasteiger partial charge in [0.15, 0.2) is 11.5 Å². The molecule has 2 rings (SSSR count). The van der Waals surface area contributed by atoms with Crippen molar-refractivity contribution in [3.8, 4) is 17.2 Å². The predicted molar refractivity (Wildman–Crippen MR) is 80.0 cm³/mol. The van der Waals surface area contributed by atoms with Crippen LogP contribution in [0.15, 0.2) is 36.4 Å². The Bertz CT molecular complexity index is 548. The van der Waals surface area contributed by atoms with Gasteiger partial charge >= 0.3 is 0 Å². The fourth-order valence-electron chi connectivity index (χ4n) is 1.82. The number of benzene rings is 2. The van der Waals surface area contributed by atoms with Crippen molar-refractivity contribution in [3.05, 3.63) is 47.0 Å². The summed E-state index contributed by atoms with van der Waals surface area (Å²) in [5, 5.41) is 13.5. The molecule has 106 valence electrons. The molecule has 0 aliphatic carbocycles. The van der Waals surface area contributed by atoms with Gasteiger partial charge in [0.2, 0.25) is 0 Å². The van der Waals surface area contributed by atoms with Gasteiger partial charge in [-0.15, -0.1) is 0 Å². The lowest BCUT2D eigenvalue weighted by molar-refractivity contribution is 0.373. The van der Waals surface area contributed by atoms with Gasteiger partial charge in [0.05, 0.1) is 19.2 Å². The van der Waals surface area contributed by atoms with E-state index >= 15 is 0 Å². The number of aromatic hydroxyl groups is 1. The molecule has 0 saturated heterocycles. The highest BCUT2D eigenvalue weighted by molar-refractivity contribution is 6.32. The van der Waals surface area contributed by atoms with Crippen molar-refractivity contribution in [1.82, 2.24) is 0 Å². The van der Waals surface area contributed by atoms with Crippen LogP contribution in [-0.2, 0) is 6.54 Å². The van der Waals surface area contributed by atoms with Crippen LogP contribution in [0, 0.1) is 0 Å². The number of phenolic OH excluding ortho intramolecular Hbond substituents is 1. The van der Waals surface area contributed by atoms with E-state index in [0.717, 1.165) is 11.3 Å². The molecular formula is C15H16ClNO3. The molecule has 0 saturated carbocycles. The summed E-state index contributed by atoms with van der Waals surface area (Å²) in [4.78, 5) is 0. The largest absolute Gasteiger partial charge is 0.504 e. The molecule has 5 heteroatoms. The van der Waals surface area contributed by atoms with Crippen LogP contribution in [0.4, 0.5) is 5.69 Å². The van der Waals surface area contributed by atoms with E-state index in [-0.39, 0.29) is 5.75 Å². The Labute approximate surface area is 122 Å². The van der Waals surface area contributed by atoms with Crippen LogP contribution in [0.25, 0.3) is 0 Å². The van der Waals surface area contributed by atoms with Crippen LogP contribution in [0.1, 0.15) is 5.56 Å². The zero-order valence-corrected chi connectivity index (χ0v) is 12.1. The van der Waals surface area contributed by atoms with E-state index < -0.39 is 0 Å². The molecule has 0 fully saturated rings. The molecule has 0 bridgehead atoms. The third-order valence-electron chi connectivity index (χ3n) is 2.89. The molecule has 4 nitrogen and oxygen atoms in total. The minimum absolute atomic E-state index is 0.102. The van der Waals surface area contributed by atoms with Gasteiger partial charge in [-0.2, -0.15) is 0 Å². The molecule has 20 heavy (non-hydrogen) atoms. The van der Waals surface area contributed by atoms with Crippen LogP contribution in [0.5, 0.6) is 17.2 Å². The predicted octanol–water partition coefficient (Wildman–Crippen LogP) is 3.67. The van der Waals surface area contributed by atoms with Gasteiger partial charge in [0.1, 0.15) is 5.75 Å². The summed E-state index contributed by atoms with van der Waals surface area (Å²) in [6, 6.07) is 10.8. The van der Waals surface area contributed by atoms with Gasteiger partial charge in [0.25, 0.3) is 0 Å². The van der Waals surface area contributed by atoms with Crippen molar-refractivity contribution in [3.63, 3.8) is 0 Å². The first-order valence-corrected chi connectivity index (χ1v) is 6.45. The average molecular weight is 294 g/mol. The Morgan fingerprint density at radius 3 is 2.35 bits per heavy atom. The number of hydrogen-bond acceptors (Lipinski definition) is 4. The smallest absolute Gasteiger partial charge is 0.160 e. The number of ether oxygens (including phenoxy) is 2. The summed E-state index contributed by atoms with van der Waals surface area (Å²) in [6.45, 7) is 0.593. The first kappa shape index (κ1) is 14.3. The van der Waals surface area contributed by atoms with E-state index in [0.29, 0.717) is 23.1 Å². The van der Waals surface area contributed by atoms with Crippen LogP contribution in [0.2, 0.25) is 5.02 Å². The fraction of sp³-hybridized carbons (Fsp3) is 0.200. The maximum atomic E-state index is 9.70. The SMILES string of the molecule is COc1ccc(NCc2ccc(OC)c(Cl)c2)cc1O. The standard InChI is InChI=1S/C15H16ClNO3/c1-19-14-5-3-10(7-12(14)16)9-17-11-4-6-15(20-2)13(18)8-11/h3-8,17-18H,9H2,1-2H3. The second kappa shape index (κ2) is 6.39. The van der Waals surface area contributed by atoms with Gasteiger partial charge in [-0.1, -0.05) is 17.7 Å². The van der Waals surface area contributed by atoms with E-state index in [1.165, 1.54) is 7.11 Å². The van der Waals surface area contributed by atoms with Crippen molar-refractivity contribution in [2.75, 3.05) is 19.5 Å². The monoisotopic (exact) mass is 293 g/mol. The lowest BCUT2D eigenvalue weighted by atomic mass is 10.2. The molecule has 2 aromatic rings. The molecule has 0 aliphatic heterocycles. The van der Waals surface area contributed by atoms with E-state index in [4.69, 9.17) is 21.1 Å². The summed E-state index contributed by atoms with van der Waals surface area (Å²) in [6.07, 6.45) is 0. The first-order valence-electron chi connectivity index (χ1n) is 6.07. The molecule has 0 aliphatic rings. The van der Waals surface area contributed by atoms with Crippen LogP contribution < -0.4 is 14.8 Å². The molecular weight excluding hydrogens is 278 g/mol. The molecule has 2 N–H and O–H groups in total. The average Bonchev–Trinajstić information content (AvgIpc) is 2.45. The maximum Gasteiger partial charge on any atom is 0.160 e. The third-order valence-corrected chi connectivity index (χ3v) is 3.19.